The minimum Gasteiger partial charge on any atom is -0.356 e. The number of rotatable bonds is 6. The first-order chi connectivity index (χ1) is 12.0. The molecule has 0 saturated heterocycles. The zero-order valence-corrected chi connectivity index (χ0v) is 15.5. The number of aliphatic imine (C=N–C) groups is 1. The Morgan fingerprint density at radius 1 is 1.16 bits per heavy atom. The molecule has 0 heterocycles. The highest BCUT2D eigenvalue weighted by Crippen LogP contribution is 2.20. The molecule has 5 nitrogen and oxygen atoms in total. The third-order valence-corrected chi connectivity index (χ3v) is 4.04. The fraction of sp³-hybridized carbons (Fsp3) is 0.400. The van der Waals surface area contributed by atoms with E-state index in [4.69, 9.17) is 0 Å². The van der Waals surface area contributed by atoms with Gasteiger partial charge in [-0.15, -0.1) is 0 Å². The molecule has 0 spiro atoms. The maximum absolute atomic E-state index is 11.8. The molecule has 5 heteroatoms. The summed E-state index contributed by atoms with van der Waals surface area (Å²) >= 11 is 0. The molecule has 2 aromatic rings. The van der Waals surface area contributed by atoms with Gasteiger partial charge in [0, 0.05) is 20.6 Å². The molecule has 2 N–H and O–H groups in total. The quantitative estimate of drug-likeness (QED) is 0.628. The molecule has 0 aliphatic heterocycles. The van der Waals surface area contributed by atoms with Crippen molar-refractivity contribution in [1.82, 2.24) is 15.5 Å². The van der Waals surface area contributed by atoms with Gasteiger partial charge >= 0.3 is 0 Å². The van der Waals surface area contributed by atoms with Crippen molar-refractivity contribution < 1.29 is 4.79 Å². The molecule has 2 rings (SSSR count). The second-order valence-corrected chi connectivity index (χ2v) is 6.35. The van der Waals surface area contributed by atoms with Gasteiger partial charge in [-0.1, -0.05) is 43.3 Å². The number of hydrogen-bond acceptors (Lipinski definition) is 2. The van der Waals surface area contributed by atoms with Crippen molar-refractivity contribution in [3.8, 4) is 0 Å². The number of nitrogens with one attached hydrogen (secondary N) is 2. The van der Waals surface area contributed by atoms with Crippen LogP contribution < -0.4 is 10.6 Å². The Kier molecular flexibility index (Phi) is 6.81. The summed E-state index contributed by atoms with van der Waals surface area (Å²) in [5, 5.41) is 9.11. The van der Waals surface area contributed by atoms with Gasteiger partial charge in [-0.2, -0.15) is 0 Å². The number of fused-ring (bicyclic) bond motifs is 1. The van der Waals surface area contributed by atoms with Crippen molar-refractivity contribution in [3.05, 3.63) is 48.0 Å². The first-order valence-corrected chi connectivity index (χ1v) is 8.75. The molecule has 0 aliphatic carbocycles. The van der Waals surface area contributed by atoms with Crippen LogP contribution in [0.2, 0.25) is 0 Å². The van der Waals surface area contributed by atoms with Crippen LogP contribution in [0.1, 0.15) is 31.9 Å². The normalized spacial score (nSPS) is 12.7. The Balaban J connectivity index is 2.12. The Labute approximate surface area is 150 Å². The van der Waals surface area contributed by atoms with E-state index in [-0.39, 0.29) is 18.5 Å². The molecule has 1 atom stereocenters. The Hall–Kier alpha value is -2.56. The molecule has 1 amide bonds. The van der Waals surface area contributed by atoms with E-state index < -0.39 is 0 Å². The SMILES string of the molecule is CCCNC(=NCC(=O)N(C)C)NC(C)c1ccc2ccccc2c1. The number of likely N-dealkylation sites (N-methyl/N-ethyl adjacent to an activating group) is 1. The highest BCUT2D eigenvalue weighted by molar-refractivity contribution is 5.86. The van der Waals surface area contributed by atoms with Crippen LogP contribution in [0, 0.1) is 0 Å². The zero-order valence-electron chi connectivity index (χ0n) is 15.5. The molecule has 0 saturated carbocycles. The fourth-order valence-electron chi connectivity index (χ4n) is 2.45. The lowest BCUT2D eigenvalue weighted by molar-refractivity contribution is -0.127. The van der Waals surface area contributed by atoms with E-state index in [0.29, 0.717) is 5.96 Å². The van der Waals surface area contributed by atoms with Gasteiger partial charge in [0.2, 0.25) is 5.91 Å². The smallest absolute Gasteiger partial charge is 0.243 e. The standard InChI is InChI=1S/C20H28N4O/c1-5-12-21-20(22-14-19(25)24(3)4)23-15(2)17-11-10-16-8-6-7-9-18(16)13-17/h6-11,13,15H,5,12,14H2,1-4H3,(H2,21,22,23). The first kappa shape index (κ1) is 18.8. The van der Waals surface area contributed by atoms with Crippen LogP contribution >= 0.6 is 0 Å². The number of nitrogens with zero attached hydrogens (tertiary/aromatic N) is 2. The van der Waals surface area contributed by atoms with Crippen LogP contribution in [0.3, 0.4) is 0 Å². The largest absolute Gasteiger partial charge is 0.356 e. The van der Waals surface area contributed by atoms with Crippen LogP contribution in [0.15, 0.2) is 47.5 Å². The minimum atomic E-state index is -0.0176. The van der Waals surface area contributed by atoms with Gasteiger partial charge in [0.05, 0.1) is 6.04 Å². The number of amides is 1. The molecule has 0 aromatic heterocycles. The van der Waals surface area contributed by atoms with Gasteiger partial charge in [-0.05, 0) is 35.7 Å². The van der Waals surface area contributed by atoms with Crippen molar-refractivity contribution >= 4 is 22.6 Å². The summed E-state index contributed by atoms with van der Waals surface area (Å²) in [6.07, 6.45) is 0.993. The van der Waals surface area contributed by atoms with Gasteiger partial charge in [0.25, 0.3) is 0 Å². The van der Waals surface area contributed by atoms with Crippen molar-refractivity contribution in [1.29, 1.82) is 0 Å². The zero-order chi connectivity index (χ0) is 18.2. The molecule has 2 aromatic carbocycles. The molecular formula is C20H28N4O. The lowest BCUT2D eigenvalue weighted by atomic mass is 10.0. The van der Waals surface area contributed by atoms with E-state index in [0.717, 1.165) is 13.0 Å². The average molecular weight is 340 g/mol. The molecule has 0 fully saturated rings. The molecule has 134 valence electrons. The van der Waals surface area contributed by atoms with Crippen molar-refractivity contribution in [2.45, 2.75) is 26.3 Å². The molecule has 0 radical (unpaired) electrons. The number of guanidine groups is 1. The van der Waals surface area contributed by atoms with Crippen LogP contribution in [-0.4, -0.2) is 44.0 Å². The number of carbonyl (C=O) groups excluding carboxylic acids is 1. The molecule has 25 heavy (non-hydrogen) atoms. The summed E-state index contributed by atoms with van der Waals surface area (Å²) in [6.45, 7) is 5.15. The highest BCUT2D eigenvalue weighted by atomic mass is 16.2. The summed E-state index contributed by atoms with van der Waals surface area (Å²) in [5.74, 6) is 0.647. The summed E-state index contributed by atoms with van der Waals surface area (Å²) in [4.78, 5) is 17.7. The summed E-state index contributed by atoms with van der Waals surface area (Å²) in [6, 6.07) is 14.9. The van der Waals surface area contributed by atoms with E-state index in [1.54, 1.807) is 19.0 Å². The second kappa shape index (κ2) is 9.06. The predicted molar refractivity (Wildman–Crippen MR) is 105 cm³/mol. The maximum Gasteiger partial charge on any atom is 0.243 e. The maximum atomic E-state index is 11.8. The Morgan fingerprint density at radius 2 is 1.88 bits per heavy atom. The molecule has 0 aliphatic rings. The van der Waals surface area contributed by atoms with Crippen molar-refractivity contribution in [2.75, 3.05) is 27.2 Å². The van der Waals surface area contributed by atoms with E-state index in [1.165, 1.54) is 16.3 Å². The number of hydrogen-bond donors (Lipinski definition) is 2. The van der Waals surface area contributed by atoms with Gasteiger partial charge in [-0.25, -0.2) is 4.99 Å². The summed E-state index contributed by atoms with van der Waals surface area (Å²) in [7, 11) is 3.48. The lowest BCUT2D eigenvalue weighted by Crippen LogP contribution is -2.40. The predicted octanol–water partition coefficient (Wildman–Crippen LogP) is 2.93. The van der Waals surface area contributed by atoms with E-state index >= 15 is 0 Å². The molecule has 1 unspecified atom stereocenters. The number of benzene rings is 2. The lowest BCUT2D eigenvalue weighted by Gasteiger charge is -2.19. The fourth-order valence-corrected chi connectivity index (χ4v) is 2.45. The molecular weight excluding hydrogens is 312 g/mol. The van der Waals surface area contributed by atoms with Crippen LogP contribution in [0.25, 0.3) is 10.8 Å². The highest BCUT2D eigenvalue weighted by Gasteiger charge is 2.10. The molecule has 0 bridgehead atoms. The minimum absolute atomic E-state index is 0.0176. The van der Waals surface area contributed by atoms with Crippen LogP contribution in [0.5, 0.6) is 0 Å². The van der Waals surface area contributed by atoms with Gasteiger partial charge < -0.3 is 15.5 Å². The van der Waals surface area contributed by atoms with Crippen LogP contribution in [0.4, 0.5) is 0 Å². The van der Waals surface area contributed by atoms with Crippen molar-refractivity contribution in [3.63, 3.8) is 0 Å². The Morgan fingerprint density at radius 3 is 2.56 bits per heavy atom. The van der Waals surface area contributed by atoms with E-state index in [2.05, 4.69) is 59.8 Å². The summed E-state index contributed by atoms with van der Waals surface area (Å²) in [5.41, 5.74) is 1.18. The van der Waals surface area contributed by atoms with E-state index in [9.17, 15) is 4.79 Å². The second-order valence-electron chi connectivity index (χ2n) is 6.35. The van der Waals surface area contributed by atoms with Gasteiger partial charge in [0.1, 0.15) is 6.54 Å². The third-order valence-electron chi connectivity index (χ3n) is 4.04. The van der Waals surface area contributed by atoms with Crippen molar-refractivity contribution in [2.24, 2.45) is 4.99 Å². The number of carbonyl (C=O) groups is 1. The summed E-state index contributed by atoms with van der Waals surface area (Å²) < 4.78 is 0. The average Bonchev–Trinajstić information content (AvgIpc) is 2.62. The third kappa shape index (κ3) is 5.48. The topological polar surface area (TPSA) is 56.7 Å². The van der Waals surface area contributed by atoms with Gasteiger partial charge in [-0.3, -0.25) is 4.79 Å². The monoisotopic (exact) mass is 340 g/mol. The van der Waals surface area contributed by atoms with E-state index in [1.807, 2.05) is 12.1 Å². The Bertz CT molecular complexity index is 739. The van der Waals surface area contributed by atoms with Crippen LogP contribution in [-0.2, 0) is 4.79 Å². The first-order valence-electron chi connectivity index (χ1n) is 8.75. The van der Waals surface area contributed by atoms with Gasteiger partial charge in [0.15, 0.2) is 5.96 Å².